The van der Waals surface area contributed by atoms with Crippen LogP contribution in [0.25, 0.3) is 0 Å². The fraction of sp³-hybridized carbons (Fsp3) is 0.375. The maximum atomic E-state index is 13.2. The monoisotopic (exact) mass is 390 g/mol. The minimum atomic E-state index is -0.218. The molecule has 0 saturated carbocycles. The molecule has 5 nitrogen and oxygen atoms in total. The summed E-state index contributed by atoms with van der Waals surface area (Å²) in [5.41, 5.74) is 3.12. The standard InChI is InChI=1S/C24H26N2O3/c1-4-29-18-9-7-16(8-10-18)19-12-22(28)26(17-6-5-11-25-15-17)20-13-24(2,3)14-21(27)23(19)20/h5-11,15,19H,4,12-14H2,1-3H3. The number of amides is 1. The summed E-state index contributed by atoms with van der Waals surface area (Å²) in [5.74, 6) is 0.711. The number of ketones is 1. The lowest BCUT2D eigenvalue weighted by atomic mass is 9.69. The molecule has 0 fully saturated rings. The van der Waals surface area contributed by atoms with Gasteiger partial charge < -0.3 is 4.74 Å². The Kier molecular flexibility index (Phi) is 4.99. The minimum absolute atomic E-state index is 0.00105. The molecule has 5 heteroatoms. The number of carbonyl (C=O) groups is 2. The molecule has 0 spiro atoms. The zero-order valence-electron chi connectivity index (χ0n) is 17.1. The Balaban J connectivity index is 1.82. The average molecular weight is 390 g/mol. The van der Waals surface area contributed by atoms with Gasteiger partial charge in [0, 0.05) is 36.2 Å². The van der Waals surface area contributed by atoms with Crippen molar-refractivity contribution in [2.24, 2.45) is 5.41 Å². The Morgan fingerprint density at radius 2 is 1.90 bits per heavy atom. The van der Waals surface area contributed by atoms with E-state index in [2.05, 4.69) is 18.8 Å². The first-order valence-electron chi connectivity index (χ1n) is 10.1. The molecule has 0 saturated heterocycles. The number of pyridine rings is 1. The first-order chi connectivity index (χ1) is 13.9. The van der Waals surface area contributed by atoms with Crippen molar-refractivity contribution in [1.29, 1.82) is 0 Å². The number of allylic oxidation sites excluding steroid dienone is 2. The van der Waals surface area contributed by atoms with Gasteiger partial charge in [-0.1, -0.05) is 26.0 Å². The molecule has 1 aliphatic heterocycles. The Hall–Kier alpha value is -2.95. The van der Waals surface area contributed by atoms with Crippen molar-refractivity contribution in [2.45, 2.75) is 46.0 Å². The van der Waals surface area contributed by atoms with E-state index in [1.807, 2.05) is 43.3 Å². The Labute approximate surface area is 171 Å². The molecule has 0 bridgehead atoms. The molecule has 1 aromatic heterocycles. The van der Waals surface area contributed by atoms with Crippen LogP contribution in [0.1, 0.15) is 51.5 Å². The SMILES string of the molecule is CCOc1ccc(C2CC(=O)N(c3cccnc3)C3=C2C(=O)CC(C)(C)C3)cc1. The van der Waals surface area contributed by atoms with Crippen molar-refractivity contribution in [1.82, 2.24) is 4.98 Å². The van der Waals surface area contributed by atoms with Crippen LogP contribution in [0, 0.1) is 5.41 Å². The maximum Gasteiger partial charge on any atom is 0.232 e. The number of aromatic nitrogens is 1. The van der Waals surface area contributed by atoms with E-state index < -0.39 is 0 Å². The molecule has 2 aromatic rings. The van der Waals surface area contributed by atoms with E-state index in [4.69, 9.17) is 4.74 Å². The van der Waals surface area contributed by atoms with Crippen LogP contribution in [-0.4, -0.2) is 23.3 Å². The second-order valence-corrected chi connectivity index (χ2v) is 8.50. The third-order valence-electron chi connectivity index (χ3n) is 5.64. The fourth-order valence-electron chi connectivity index (χ4n) is 4.45. The van der Waals surface area contributed by atoms with Crippen LogP contribution in [0.2, 0.25) is 0 Å². The lowest BCUT2D eigenvalue weighted by Crippen LogP contribution is -2.43. The summed E-state index contributed by atoms with van der Waals surface area (Å²) in [4.78, 5) is 32.4. The second-order valence-electron chi connectivity index (χ2n) is 8.50. The number of nitrogens with zero attached hydrogens (tertiary/aromatic N) is 2. The lowest BCUT2D eigenvalue weighted by Gasteiger charge is -2.42. The predicted octanol–water partition coefficient (Wildman–Crippen LogP) is 4.64. The van der Waals surface area contributed by atoms with E-state index in [-0.39, 0.29) is 29.4 Å². The molecule has 0 radical (unpaired) electrons. The van der Waals surface area contributed by atoms with Crippen LogP contribution < -0.4 is 9.64 Å². The minimum Gasteiger partial charge on any atom is -0.494 e. The van der Waals surface area contributed by atoms with Crippen molar-refractivity contribution in [3.63, 3.8) is 0 Å². The Morgan fingerprint density at radius 3 is 2.55 bits per heavy atom. The largest absolute Gasteiger partial charge is 0.494 e. The topological polar surface area (TPSA) is 59.5 Å². The van der Waals surface area contributed by atoms with Gasteiger partial charge in [0.2, 0.25) is 5.91 Å². The molecule has 1 aromatic carbocycles. The van der Waals surface area contributed by atoms with Crippen LogP contribution in [0.15, 0.2) is 60.1 Å². The van der Waals surface area contributed by atoms with Crippen molar-refractivity contribution in [2.75, 3.05) is 11.5 Å². The number of ether oxygens (including phenoxy) is 1. The predicted molar refractivity (Wildman–Crippen MR) is 112 cm³/mol. The van der Waals surface area contributed by atoms with Crippen LogP contribution in [0.4, 0.5) is 5.69 Å². The number of carbonyl (C=O) groups excluding carboxylic acids is 2. The first kappa shape index (κ1) is 19.4. The summed E-state index contributed by atoms with van der Waals surface area (Å²) < 4.78 is 5.54. The van der Waals surface area contributed by atoms with E-state index in [1.165, 1.54) is 0 Å². The smallest absolute Gasteiger partial charge is 0.232 e. The van der Waals surface area contributed by atoms with Crippen molar-refractivity contribution >= 4 is 17.4 Å². The zero-order chi connectivity index (χ0) is 20.6. The normalized spacial score (nSPS) is 21.2. The molecule has 150 valence electrons. The highest BCUT2D eigenvalue weighted by molar-refractivity contribution is 6.07. The number of benzene rings is 1. The summed E-state index contributed by atoms with van der Waals surface area (Å²) >= 11 is 0. The molecule has 4 rings (SSSR count). The third-order valence-corrected chi connectivity index (χ3v) is 5.64. The second kappa shape index (κ2) is 7.47. The van der Waals surface area contributed by atoms with Crippen LogP contribution in [0.3, 0.4) is 0 Å². The van der Waals surface area contributed by atoms with E-state index >= 15 is 0 Å². The van der Waals surface area contributed by atoms with Crippen LogP contribution >= 0.6 is 0 Å². The summed E-state index contributed by atoms with van der Waals surface area (Å²) in [5, 5.41) is 0. The number of anilines is 1. The number of Topliss-reactive ketones (excluding diaryl/α,β-unsaturated/α-hetero) is 1. The van der Waals surface area contributed by atoms with Crippen molar-refractivity contribution in [3.8, 4) is 5.75 Å². The maximum absolute atomic E-state index is 13.2. The average Bonchev–Trinajstić information content (AvgIpc) is 2.68. The first-order valence-corrected chi connectivity index (χ1v) is 10.1. The van der Waals surface area contributed by atoms with Gasteiger partial charge >= 0.3 is 0 Å². The summed E-state index contributed by atoms with van der Waals surface area (Å²) in [7, 11) is 0. The van der Waals surface area contributed by atoms with Crippen molar-refractivity contribution in [3.05, 3.63) is 65.6 Å². The highest BCUT2D eigenvalue weighted by Gasteiger charge is 2.44. The van der Waals surface area contributed by atoms with E-state index in [0.717, 1.165) is 28.3 Å². The molecule has 2 aliphatic rings. The molecule has 29 heavy (non-hydrogen) atoms. The molecule has 1 unspecified atom stereocenters. The third kappa shape index (κ3) is 3.69. The molecular formula is C24H26N2O3. The molecule has 1 amide bonds. The van der Waals surface area contributed by atoms with Gasteiger partial charge in [-0.2, -0.15) is 0 Å². The summed E-state index contributed by atoms with van der Waals surface area (Å²) in [6.45, 7) is 6.71. The summed E-state index contributed by atoms with van der Waals surface area (Å²) in [6.07, 6.45) is 4.82. The number of rotatable bonds is 4. The zero-order valence-corrected chi connectivity index (χ0v) is 17.1. The fourth-order valence-corrected chi connectivity index (χ4v) is 4.45. The van der Waals surface area contributed by atoms with E-state index in [1.54, 1.807) is 17.3 Å². The van der Waals surface area contributed by atoms with Crippen LogP contribution in [0.5, 0.6) is 5.75 Å². The highest BCUT2D eigenvalue weighted by atomic mass is 16.5. The molecule has 0 N–H and O–H groups in total. The van der Waals surface area contributed by atoms with Gasteiger partial charge in [-0.05, 0) is 48.6 Å². The lowest BCUT2D eigenvalue weighted by molar-refractivity contribution is -0.121. The van der Waals surface area contributed by atoms with Gasteiger partial charge in [-0.3, -0.25) is 19.5 Å². The number of hydrogen-bond acceptors (Lipinski definition) is 4. The van der Waals surface area contributed by atoms with Gasteiger partial charge in [-0.15, -0.1) is 0 Å². The quantitative estimate of drug-likeness (QED) is 0.763. The molecule has 1 aliphatic carbocycles. The van der Waals surface area contributed by atoms with Crippen molar-refractivity contribution < 1.29 is 14.3 Å². The van der Waals surface area contributed by atoms with Gasteiger partial charge in [-0.25, -0.2) is 0 Å². The van der Waals surface area contributed by atoms with Gasteiger partial charge in [0.1, 0.15) is 5.75 Å². The Morgan fingerprint density at radius 1 is 1.14 bits per heavy atom. The van der Waals surface area contributed by atoms with Gasteiger partial charge in [0.05, 0.1) is 18.5 Å². The molecule has 1 atom stereocenters. The molecular weight excluding hydrogens is 364 g/mol. The van der Waals surface area contributed by atoms with Gasteiger partial charge in [0.15, 0.2) is 5.78 Å². The molecule has 2 heterocycles. The summed E-state index contributed by atoms with van der Waals surface area (Å²) in [6, 6.07) is 11.5. The van der Waals surface area contributed by atoms with E-state index in [0.29, 0.717) is 19.4 Å². The van der Waals surface area contributed by atoms with E-state index in [9.17, 15) is 9.59 Å². The Bertz CT molecular complexity index is 961. The van der Waals surface area contributed by atoms with Gasteiger partial charge in [0.25, 0.3) is 0 Å². The van der Waals surface area contributed by atoms with Crippen LogP contribution in [-0.2, 0) is 9.59 Å². The highest BCUT2D eigenvalue weighted by Crippen LogP contribution is 2.48. The number of hydrogen-bond donors (Lipinski definition) is 0.